The highest BCUT2D eigenvalue weighted by Gasteiger charge is 2.33. The molecule has 0 aliphatic heterocycles. The SMILES string of the molecule is O=C(O)Cc1cccc(Br)c1OC(F)(F)F. The van der Waals surface area contributed by atoms with Crippen LogP contribution in [0, 0.1) is 0 Å². The van der Waals surface area contributed by atoms with Gasteiger partial charge in [0, 0.05) is 5.56 Å². The lowest BCUT2D eigenvalue weighted by Gasteiger charge is -2.13. The Morgan fingerprint density at radius 3 is 2.56 bits per heavy atom. The maximum absolute atomic E-state index is 12.0. The number of benzene rings is 1. The van der Waals surface area contributed by atoms with Crippen molar-refractivity contribution in [3.05, 3.63) is 28.2 Å². The van der Waals surface area contributed by atoms with Crippen LogP contribution in [0.4, 0.5) is 13.2 Å². The lowest BCUT2D eigenvalue weighted by Crippen LogP contribution is -2.19. The molecular formula is C9H6BrF3O3. The van der Waals surface area contributed by atoms with E-state index in [1.54, 1.807) is 0 Å². The Labute approximate surface area is 97.0 Å². The van der Waals surface area contributed by atoms with E-state index in [0.29, 0.717) is 0 Å². The molecule has 0 amide bonds. The fraction of sp³-hybridized carbons (Fsp3) is 0.222. The molecule has 0 fully saturated rings. The number of ether oxygens (including phenoxy) is 1. The topological polar surface area (TPSA) is 46.5 Å². The van der Waals surface area contributed by atoms with Crippen LogP contribution in [0.3, 0.4) is 0 Å². The molecule has 1 aromatic carbocycles. The van der Waals surface area contributed by atoms with Gasteiger partial charge in [-0.3, -0.25) is 4.79 Å². The summed E-state index contributed by atoms with van der Waals surface area (Å²) in [6.45, 7) is 0. The van der Waals surface area contributed by atoms with Gasteiger partial charge in [0.1, 0.15) is 5.75 Å². The van der Waals surface area contributed by atoms with Crippen LogP contribution in [0.1, 0.15) is 5.56 Å². The molecular weight excluding hydrogens is 293 g/mol. The third-order valence-corrected chi connectivity index (χ3v) is 2.23. The average Bonchev–Trinajstić information content (AvgIpc) is 2.08. The van der Waals surface area contributed by atoms with Crippen LogP contribution >= 0.6 is 15.9 Å². The van der Waals surface area contributed by atoms with E-state index >= 15 is 0 Å². The quantitative estimate of drug-likeness (QED) is 0.933. The van der Waals surface area contributed by atoms with Crippen LogP contribution in [-0.4, -0.2) is 17.4 Å². The van der Waals surface area contributed by atoms with Crippen molar-refractivity contribution in [2.24, 2.45) is 0 Å². The first-order valence-electron chi connectivity index (χ1n) is 4.04. The van der Waals surface area contributed by atoms with E-state index in [1.165, 1.54) is 18.2 Å². The highest BCUT2D eigenvalue weighted by molar-refractivity contribution is 9.10. The van der Waals surface area contributed by atoms with Crippen LogP contribution in [0.15, 0.2) is 22.7 Å². The van der Waals surface area contributed by atoms with Crippen LogP contribution in [0.2, 0.25) is 0 Å². The standard InChI is InChI=1S/C9H6BrF3O3/c10-6-3-1-2-5(4-7(14)15)8(6)16-9(11,12)13/h1-3H,4H2,(H,14,15). The third-order valence-electron chi connectivity index (χ3n) is 1.61. The Hall–Kier alpha value is -1.24. The monoisotopic (exact) mass is 298 g/mol. The summed E-state index contributed by atoms with van der Waals surface area (Å²) in [4.78, 5) is 10.4. The second-order valence-electron chi connectivity index (χ2n) is 2.85. The van der Waals surface area contributed by atoms with Crippen molar-refractivity contribution < 1.29 is 27.8 Å². The summed E-state index contributed by atoms with van der Waals surface area (Å²) in [6, 6.07) is 4.04. The fourth-order valence-corrected chi connectivity index (χ4v) is 1.57. The highest BCUT2D eigenvalue weighted by atomic mass is 79.9. The van der Waals surface area contributed by atoms with Crippen LogP contribution in [0.5, 0.6) is 5.75 Å². The van der Waals surface area contributed by atoms with E-state index in [2.05, 4.69) is 20.7 Å². The Balaban J connectivity index is 3.08. The van der Waals surface area contributed by atoms with Gasteiger partial charge < -0.3 is 9.84 Å². The minimum Gasteiger partial charge on any atom is -0.481 e. The molecule has 88 valence electrons. The summed E-state index contributed by atoms with van der Waals surface area (Å²) in [6.07, 6.45) is -5.39. The summed E-state index contributed by atoms with van der Waals surface area (Å²) in [5.41, 5.74) is -0.0424. The van der Waals surface area contributed by atoms with Gasteiger partial charge in [-0.25, -0.2) is 0 Å². The van der Waals surface area contributed by atoms with Crippen LogP contribution < -0.4 is 4.74 Å². The minimum absolute atomic E-state index is 0.0424. The number of carbonyl (C=O) groups is 1. The number of halogens is 4. The van der Waals surface area contributed by atoms with Crippen molar-refractivity contribution in [1.82, 2.24) is 0 Å². The zero-order chi connectivity index (χ0) is 12.3. The van der Waals surface area contributed by atoms with Crippen molar-refractivity contribution >= 4 is 21.9 Å². The molecule has 0 aliphatic carbocycles. The summed E-state index contributed by atoms with van der Waals surface area (Å²) in [5, 5.41) is 8.53. The highest BCUT2D eigenvalue weighted by Crippen LogP contribution is 2.33. The first-order chi connectivity index (χ1) is 7.29. The number of carboxylic acid groups (broad SMARTS) is 1. The normalized spacial score (nSPS) is 11.2. The third kappa shape index (κ3) is 3.73. The van der Waals surface area contributed by atoms with Crippen molar-refractivity contribution in [2.75, 3.05) is 0 Å². The first kappa shape index (κ1) is 12.8. The average molecular weight is 299 g/mol. The molecule has 1 aromatic rings. The maximum atomic E-state index is 12.0. The number of alkyl halides is 3. The first-order valence-corrected chi connectivity index (χ1v) is 4.84. The van der Waals surface area contributed by atoms with Crippen LogP contribution in [-0.2, 0) is 11.2 Å². The maximum Gasteiger partial charge on any atom is 0.573 e. The van der Waals surface area contributed by atoms with Gasteiger partial charge in [0.05, 0.1) is 10.9 Å². The van der Waals surface area contributed by atoms with Gasteiger partial charge in [0.15, 0.2) is 0 Å². The van der Waals surface area contributed by atoms with Gasteiger partial charge >= 0.3 is 12.3 Å². The summed E-state index contributed by atoms with van der Waals surface area (Å²) in [5.74, 6) is -1.75. The second-order valence-corrected chi connectivity index (χ2v) is 3.70. The molecule has 0 spiro atoms. The van der Waals surface area contributed by atoms with E-state index in [-0.39, 0.29) is 10.0 Å². The Morgan fingerprint density at radius 1 is 1.44 bits per heavy atom. The Kier molecular flexibility index (Phi) is 3.79. The van der Waals surface area contributed by atoms with E-state index in [9.17, 15) is 18.0 Å². The molecule has 0 aliphatic rings. The molecule has 0 saturated heterocycles. The number of carboxylic acids is 1. The number of hydrogen-bond acceptors (Lipinski definition) is 2. The van der Waals surface area contributed by atoms with E-state index in [0.717, 1.165) is 0 Å². The number of aliphatic carboxylic acids is 1. The predicted octanol–water partition coefficient (Wildman–Crippen LogP) is 2.97. The van der Waals surface area contributed by atoms with Gasteiger partial charge in [-0.2, -0.15) is 0 Å². The molecule has 0 heterocycles. The van der Waals surface area contributed by atoms with Gasteiger partial charge in [0.25, 0.3) is 0 Å². The Bertz CT molecular complexity index is 403. The largest absolute Gasteiger partial charge is 0.573 e. The molecule has 16 heavy (non-hydrogen) atoms. The summed E-state index contributed by atoms with van der Waals surface area (Å²) < 4.78 is 40.0. The van der Waals surface area contributed by atoms with E-state index < -0.39 is 24.5 Å². The number of para-hydroxylation sites is 1. The zero-order valence-corrected chi connectivity index (χ0v) is 9.30. The Morgan fingerprint density at radius 2 is 2.06 bits per heavy atom. The minimum atomic E-state index is -4.85. The lowest BCUT2D eigenvalue weighted by atomic mass is 10.1. The summed E-state index contributed by atoms with van der Waals surface area (Å²) >= 11 is 2.87. The van der Waals surface area contributed by atoms with Gasteiger partial charge in [-0.05, 0) is 22.0 Å². The molecule has 7 heteroatoms. The fourth-order valence-electron chi connectivity index (χ4n) is 1.09. The number of hydrogen-bond donors (Lipinski definition) is 1. The molecule has 0 atom stereocenters. The van der Waals surface area contributed by atoms with Crippen LogP contribution in [0.25, 0.3) is 0 Å². The van der Waals surface area contributed by atoms with Gasteiger partial charge in [-0.15, -0.1) is 13.2 Å². The smallest absolute Gasteiger partial charge is 0.481 e. The molecule has 0 radical (unpaired) electrons. The van der Waals surface area contributed by atoms with Crippen molar-refractivity contribution in [1.29, 1.82) is 0 Å². The van der Waals surface area contributed by atoms with Crippen molar-refractivity contribution in [2.45, 2.75) is 12.8 Å². The predicted molar refractivity (Wildman–Crippen MR) is 52.2 cm³/mol. The van der Waals surface area contributed by atoms with Crippen molar-refractivity contribution in [3.8, 4) is 5.75 Å². The molecule has 0 unspecified atom stereocenters. The second kappa shape index (κ2) is 4.73. The zero-order valence-electron chi connectivity index (χ0n) is 7.71. The summed E-state index contributed by atoms with van der Waals surface area (Å²) in [7, 11) is 0. The number of rotatable bonds is 3. The molecule has 0 bridgehead atoms. The van der Waals surface area contributed by atoms with E-state index in [4.69, 9.17) is 5.11 Å². The molecule has 0 aromatic heterocycles. The lowest BCUT2D eigenvalue weighted by molar-refractivity contribution is -0.275. The van der Waals surface area contributed by atoms with Gasteiger partial charge in [0.2, 0.25) is 0 Å². The molecule has 1 rings (SSSR count). The molecule has 0 saturated carbocycles. The molecule has 3 nitrogen and oxygen atoms in total. The van der Waals surface area contributed by atoms with E-state index in [1.807, 2.05) is 0 Å². The molecule has 1 N–H and O–H groups in total. The van der Waals surface area contributed by atoms with Crippen molar-refractivity contribution in [3.63, 3.8) is 0 Å². The van der Waals surface area contributed by atoms with Gasteiger partial charge in [-0.1, -0.05) is 12.1 Å².